The average molecular weight is 379 g/mol. The van der Waals surface area contributed by atoms with E-state index in [-0.39, 0.29) is 0 Å². The predicted octanol–water partition coefficient (Wildman–Crippen LogP) is 0.803. The number of aromatic nitrogens is 4. The molecule has 1 saturated carbocycles. The van der Waals surface area contributed by atoms with Gasteiger partial charge in [-0.25, -0.2) is 4.98 Å². The second-order valence-corrected chi connectivity index (χ2v) is 7.84. The number of H-pyrrole nitrogens is 1. The highest BCUT2D eigenvalue weighted by molar-refractivity contribution is 7.19. The minimum absolute atomic E-state index is 0.395. The minimum Gasteiger partial charge on any atom is -0.361 e. The summed E-state index contributed by atoms with van der Waals surface area (Å²) in [7, 11) is 0. The monoisotopic (exact) mass is 378 g/mol. The van der Waals surface area contributed by atoms with Gasteiger partial charge >= 0.3 is 0 Å². The van der Waals surface area contributed by atoms with Gasteiger partial charge in [0, 0.05) is 44.6 Å². The lowest BCUT2D eigenvalue weighted by molar-refractivity contribution is 0.149. The van der Waals surface area contributed by atoms with E-state index in [0.29, 0.717) is 11.2 Å². The molecule has 0 spiro atoms. The van der Waals surface area contributed by atoms with Crippen LogP contribution < -0.4 is 15.5 Å². The molecular weight excluding hydrogens is 352 g/mol. The number of aliphatic hydroxyl groups is 1. The smallest absolute Gasteiger partial charge is 0.210 e. The van der Waals surface area contributed by atoms with Gasteiger partial charge in [-0.3, -0.25) is 10.2 Å². The highest BCUT2D eigenvalue weighted by Gasteiger charge is 2.22. The van der Waals surface area contributed by atoms with Crippen molar-refractivity contribution >= 4 is 21.6 Å². The number of imidazole rings is 1. The van der Waals surface area contributed by atoms with Crippen molar-refractivity contribution in [3.8, 4) is 0 Å². The third-order valence-electron chi connectivity index (χ3n) is 4.99. The van der Waals surface area contributed by atoms with Gasteiger partial charge in [0.1, 0.15) is 5.82 Å². The van der Waals surface area contributed by atoms with Crippen LogP contribution >= 0.6 is 11.3 Å². The van der Waals surface area contributed by atoms with Crippen molar-refractivity contribution < 1.29 is 5.11 Å². The zero-order chi connectivity index (χ0) is 17.8. The topological polar surface area (TPSA) is 105 Å². The van der Waals surface area contributed by atoms with Crippen molar-refractivity contribution in [3.63, 3.8) is 0 Å². The summed E-state index contributed by atoms with van der Waals surface area (Å²) in [6.07, 6.45) is 7.60. The first-order valence-corrected chi connectivity index (χ1v) is 10.1. The molecule has 9 nitrogen and oxygen atoms in total. The number of hydrogen-bond acceptors (Lipinski definition) is 9. The first-order chi connectivity index (χ1) is 12.8. The van der Waals surface area contributed by atoms with E-state index < -0.39 is 6.35 Å². The highest BCUT2D eigenvalue weighted by Crippen LogP contribution is 2.25. The maximum absolute atomic E-state index is 10.1. The second-order valence-electron chi connectivity index (χ2n) is 6.88. The summed E-state index contributed by atoms with van der Waals surface area (Å²) in [6, 6.07) is 0.395. The molecule has 4 rings (SSSR count). The Morgan fingerprint density at radius 3 is 2.77 bits per heavy atom. The van der Waals surface area contributed by atoms with E-state index in [1.165, 1.54) is 24.2 Å². The number of rotatable bonds is 7. The normalized spacial score (nSPS) is 20.6. The first kappa shape index (κ1) is 17.7. The van der Waals surface area contributed by atoms with Crippen molar-refractivity contribution in [2.24, 2.45) is 0 Å². The van der Waals surface area contributed by atoms with E-state index >= 15 is 0 Å². The lowest BCUT2D eigenvalue weighted by Gasteiger charge is -2.33. The van der Waals surface area contributed by atoms with Gasteiger partial charge < -0.3 is 20.3 Å². The van der Waals surface area contributed by atoms with Gasteiger partial charge in [0.15, 0.2) is 6.35 Å². The molecule has 0 amide bonds. The van der Waals surface area contributed by atoms with E-state index in [2.05, 4.69) is 40.6 Å². The standard InChI is InChI=1S/C16H26N8OS/c25-14(19-12-3-1-2-4-12)20-15-21-22-16(26-15)24-9-7-23(8-10-24)11-13-17-5-6-18-13/h5-6,12,14,19,25H,1-4,7-11H2,(H,17,18)(H,20,21). The van der Waals surface area contributed by atoms with E-state index in [1.807, 2.05) is 6.20 Å². The Balaban J connectivity index is 1.24. The van der Waals surface area contributed by atoms with Crippen molar-refractivity contribution in [3.05, 3.63) is 18.2 Å². The molecule has 2 aliphatic rings. The Kier molecular flexibility index (Phi) is 5.63. The number of aliphatic hydroxyl groups excluding tert-OH is 1. The molecule has 4 N–H and O–H groups in total. The maximum atomic E-state index is 10.1. The number of anilines is 2. The van der Waals surface area contributed by atoms with Crippen molar-refractivity contribution in [1.82, 2.24) is 30.4 Å². The van der Waals surface area contributed by atoms with Gasteiger partial charge in [-0.15, -0.1) is 10.2 Å². The maximum Gasteiger partial charge on any atom is 0.210 e. The van der Waals surface area contributed by atoms with Gasteiger partial charge in [-0.2, -0.15) is 0 Å². The SMILES string of the molecule is OC(Nc1nnc(N2CCN(Cc3ncc[nH]3)CC2)s1)NC1CCCC1. The van der Waals surface area contributed by atoms with Gasteiger partial charge in [-0.1, -0.05) is 24.2 Å². The fourth-order valence-electron chi connectivity index (χ4n) is 3.57. The third-order valence-corrected chi connectivity index (χ3v) is 5.91. The molecule has 1 unspecified atom stereocenters. The van der Waals surface area contributed by atoms with Crippen LogP contribution in [0.15, 0.2) is 12.4 Å². The average Bonchev–Trinajstić information content (AvgIpc) is 3.38. The molecule has 1 aliphatic heterocycles. The predicted molar refractivity (Wildman–Crippen MR) is 101 cm³/mol. The Labute approximate surface area is 156 Å². The summed E-state index contributed by atoms with van der Waals surface area (Å²) in [4.78, 5) is 12.1. The zero-order valence-corrected chi connectivity index (χ0v) is 15.6. The van der Waals surface area contributed by atoms with Crippen molar-refractivity contribution in [1.29, 1.82) is 0 Å². The number of nitrogens with zero attached hydrogens (tertiary/aromatic N) is 5. The van der Waals surface area contributed by atoms with Crippen LogP contribution in [0.25, 0.3) is 0 Å². The van der Waals surface area contributed by atoms with Crippen LogP contribution in [0.2, 0.25) is 0 Å². The summed E-state index contributed by atoms with van der Waals surface area (Å²) in [5.74, 6) is 1.00. The van der Waals surface area contributed by atoms with Crippen LogP contribution in [-0.4, -0.2) is 68.7 Å². The van der Waals surface area contributed by atoms with Gasteiger partial charge in [0.05, 0.1) is 6.54 Å². The molecule has 2 aromatic rings. The Bertz CT molecular complexity index is 664. The van der Waals surface area contributed by atoms with Crippen molar-refractivity contribution in [2.75, 3.05) is 36.4 Å². The van der Waals surface area contributed by atoms with Gasteiger partial charge in [0.2, 0.25) is 10.3 Å². The summed E-state index contributed by atoms with van der Waals surface area (Å²) in [6.45, 7) is 4.61. The number of hydrogen-bond donors (Lipinski definition) is 4. The third kappa shape index (κ3) is 4.50. The highest BCUT2D eigenvalue weighted by atomic mass is 32.1. The second kappa shape index (κ2) is 8.30. The van der Waals surface area contributed by atoms with Crippen LogP contribution in [0.4, 0.5) is 10.3 Å². The van der Waals surface area contributed by atoms with E-state index in [4.69, 9.17) is 0 Å². The lowest BCUT2D eigenvalue weighted by atomic mass is 10.2. The first-order valence-electron chi connectivity index (χ1n) is 9.26. The number of nitrogens with one attached hydrogen (secondary N) is 3. The molecule has 0 bridgehead atoms. The van der Waals surface area contributed by atoms with E-state index in [1.54, 1.807) is 6.20 Å². The molecule has 26 heavy (non-hydrogen) atoms. The van der Waals surface area contributed by atoms with Crippen LogP contribution in [-0.2, 0) is 6.54 Å². The molecular formula is C16H26N8OS. The molecule has 1 saturated heterocycles. The Hall–Kier alpha value is -1.75. The summed E-state index contributed by atoms with van der Waals surface area (Å²) >= 11 is 1.49. The van der Waals surface area contributed by atoms with Crippen LogP contribution in [0.1, 0.15) is 31.5 Å². The molecule has 0 aromatic carbocycles. The zero-order valence-electron chi connectivity index (χ0n) is 14.8. The molecule has 1 aliphatic carbocycles. The number of aromatic amines is 1. The van der Waals surface area contributed by atoms with Crippen LogP contribution in [0, 0.1) is 0 Å². The van der Waals surface area contributed by atoms with Gasteiger partial charge in [0.25, 0.3) is 0 Å². The summed E-state index contributed by atoms with van der Waals surface area (Å²) < 4.78 is 0. The minimum atomic E-state index is -0.774. The van der Waals surface area contributed by atoms with E-state index in [9.17, 15) is 5.11 Å². The largest absolute Gasteiger partial charge is 0.361 e. The van der Waals surface area contributed by atoms with Crippen LogP contribution in [0.3, 0.4) is 0 Å². The quantitative estimate of drug-likeness (QED) is 0.525. The molecule has 2 aromatic heterocycles. The Morgan fingerprint density at radius 2 is 2.04 bits per heavy atom. The summed E-state index contributed by atoms with van der Waals surface area (Å²) in [5, 5.41) is 26.3. The lowest BCUT2D eigenvalue weighted by Crippen LogP contribution is -2.46. The Morgan fingerprint density at radius 1 is 1.23 bits per heavy atom. The molecule has 142 valence electrons. The van der Waals surface area contributed by atoms with Crippen LogP contribution in [0.5, 0.6) is 0 Å². The molecule has 10 heteroatoms. The molecule has 0 radical (unpaired) electrons. The van der Waals surface area contributed by atoms with Gasteiger partial charge in [-0.05, 0) is 12.8 Å². The molecule has 1 atom stereocenters. The van der Waals surface area contributed by atoms with E-state index in [0.717, 1.165) is 56.5 Å². The fourth-order valence-corrected chi connectivity index (χ4v) is 4.39. The summed E-state index contributed by atoms with van der Waals surface area (Å²) in [5.41, 5.74) is 0. The molecule has 2 fully saturated rings. The fraction of sp³-hybridized carbons (Fsp3) is 0.688. The molecule has 3 heterocycles. The van der Waals surface area contributed by atoms with Crippen molar-refractivity contribution in [2.45, 2.75) is 44.6 Å². The number of piperazine rings is 1.